The van der Waals surface area contributed by atoms with Crippen molar-refractivity contribution in [2.75, 3.05) is 11.9 Å². The molecule has 0 atom stereocenters. The van der Waals surface area contributed by atoms with Gasteiger partial charge in [-0.1, -0.05) is 41.9 Å². The van der Waals surface area contributed by atoms with Crippen molar-refractivity contribution in [3.05, 3.63) is 65.0 Å². The van der Waals surface area contributed by atoms with Crippen LogP contribution in [0.15, 0.2) is 60.0 Å². The van der Waals surface area contributed by atoms with Crippen molar-refractivity contribution in [3.8, 4) is 17.0 Å². The minimum Gasteiger partial charge on any atom is -0.494 e. The van der Waals surface area contributed by atoms with E-state index >= 15 is 0 Å². The number of rotatable bonds is 7. The highest BCUT2D eigenvalue weighted by Gasteiger charge is 2.08. The molecule has 0 radical (unpaired) electrons. The molecule has 0 unspecified atom stereocenters. The predicted octanol–water partition coefficient (Wildman–Crippen LogP) is 5.26. The van der Waals surface area contributed by atoms with E-state index in [9.17, 15) is 4.79 Å². The highest BCUT2D eigenvalue weighted by atomic mass is 35.5. The van der Waals surface area contributed by atoms with Gasteiger partial charge in [0.15, 0.2) is 5.13 Å². The molecule has 25 heavy (non-hydrogen) atoms. The number of carbonyl (C=O) groups excluding carboxylic acids is 1. The second-order valence-corrected chi connectivity index (χ2v) is 6.65. The first kappa shape index (κ1) is 17.5. The molecule has 0 bridgehead atoms. The lowest BCUT2D eigenvalue weighted by atomic mass is 10.2. The lowest BCUT2D eigenvalue weighted by molar-refractivity contribution is -0.116. The minimum atomic E-state index is -0.0614. The Morgan fingerprint density at radius 2 is 1.88 bits per heavy atom. The van der Waals surface area contributed by atoms with Gasteiger partial charge in [-0.2, -0.15) is 0 Å². The van der Waals surface area contributed by atoms with Gasteiger partial charge in [-0.15, -0.1) is 11.3 Å². The van der Waals surface area contributed by atoms with Gasteiger partial charge < -0.3 is 10.1 Å². The third-order valence-electron chi connectivity index (χ3n) is 3.45. The number of halogens is 1. The Hall–Kier alpha value is -2.37. The van der Waals surface area contributed by atoms with Crippen LogP contribution in [0, 0.1) is 0 Å². The van der Waals surface area contributed by atoms with E-state index < -0.39 is 0 Å². The summed E-state index contributed by atoms with van der Waals surface area (Å²) in [4.78, 5) is 16.4. The molecule has 0 aliphatic rings. The Labute approximate surface area is 155 Å². The summed E-state index contributed by atoms with van der Waals surface area (Å²) in [6.45, 7) is 0.474. The molecule has 2 aromatic carbocycles. The topological polar surface area (TPSA) is 51.2 Å². The van der Waals surface area contributed by atoms with Gasteiger partial charge in [-0.3, -0.25) is 4.79 Å². The number of ether oxygens (including phenoxy) is 1. The summed E-state index contributed by atoms with van der Waals surface area (Å²) in [5.74, 6) is 0.686. The van der Waals surface area contributed by atoms with Crippen LogP contribution in [0.25, 0.3) is 11.3 Å². The summed E-state index contributed by atoms with van der Waals surface area (Å²) in [6.07, 6.45) is 1.01. The molecular weight excluding hydrogens is 356 g/mol. The van der Waals surface area contributed by atoms with E-state index in [4.69, 9.17) is 16.3 Å². The molecule has 0 saturated carbocycles. The molecular formula is C19H17ClN2O2S. The molecule has 0 aliphatic carbocycles. The van der Waals surface area contributed by atoms with E-state index in [1.165, 1.54) is 11.3 Å². The predicted molar refractivity (Wildman–Crippen MR) is 102 cm³/mol. The molecule has 0 aliphatic heterocycles. The van der Waals surface area contributed by atoms with Gasteiger partial charge in [-0.25, -0.2) is 4.98 Å². The maximum atomic E-state index is 12.0. The summed E-state index contributed by atoms with van der Waals surface area (Å²) in [7, 11) is 0. The van der Waals surface area contributed by atoms with Crippen LogP contribution in [-0.2, 0) is 4.79 Å². The zero-order valence-electron chi connectivity index (χ0n) is 13.4. The number of nitrogens with zero attached hydrogens (tertiary/aromatic N) is 1. The Kier molecular flexibility index (Phi) is 6.04. The minimum absolute atomic E-state index is 0.0614. The number of hydrogen-bond acceptors (Lipinski definition) is 4. The fourth-order valence-electron chi connectivity index (χ4n) is 2.21. The van der Waals surface area contributed by atoms with Gasteiger partial charge in [0.2, 0.25) is 5.91 Å². The smallest absolute Gasteiger partial charge is 0.226 e. The third kappa shape index (κ3) is 5.31. The molecule has 4 nitrogen and oxygen atoms in total. The number of carbonyl (C=O) groups is 1. The van der Waals surface area contributed by atoms with E-state index in [-0.39, 0.29) is 5.91 Å². The lowest BCUT2D eigenvalue weighted by Gasteiger charge is -2.06. The molecule has 0 fully saturated rings. The number of benzene rings is 2. The molecule has 6 heteroatoms. The van der Waals surface area contributed by atoms with Gasteiger partial charge in [0, 0.05) is 22.4 Å². The zero-order valence-corrected chi connectivity index (χ0v) is 15.0. The first-order valence-corrected chi connectivity index (χ1v) is 9.15. The standard InChI is InChI=1S/C19H17ClN2O2S/c20-15-8-10-16(11-9-15)24-12-4-7-18(23)22-19-21-17(13-25-19)14-5-2-1-3-6-14/h1-3,5-6,8-11,13H,4,7,12H2,(H,21,22,23). The average Bonchev–Trinajstić information content (AvgIpc) is 3.09. The van der Waals surface area contributed by atoms with Crippen LogP contribution in [0.3, 0.4) is 0 Å². The Bertz CT molecular complexity index is 819. The van der Waals surface area contributed by atoms with Crippen molar-refractivity contribution in [1.82, 2.24) is 4.98 Å². The molecule has 0 saturated heterocycles. The van der Waals surface area contributed by atoms with Gasteiger partial charge in [-0.05, 0) is 30.7 Å². The molecule has 1 N–H and O–H groups in total. The van der Waals surface area contributed by atoms with Crippen molar-refractivity contribution >= 4 is 34.0 Å². The van der Waals surface area contributed by atoms with E-state index in [1.807, 2.05) is 47.8 Å². The maximum absolute atomic E-state index is 12.0. The molecule has 1 amide bonds. The number of hydrogen-bond donors (Lipinski definition) is 1. The van der Waals surface area contributed by atoms with Crippen LogP contribution in [-0.4, -0.2) is 17.5 Å². The second kappa shape index (κ2) is 8.65. The molecule has 3 aromatic rings. The fourth-order valence-corrected chi connectivity index (χ4v) is 3.07. The van der Waals surface area contributed by atoms with E-state index in [1.54, 1.807) is 12.1 Å². The van der Waals surface area contributed by atoms with Crippen molar-refractivity contribution in [2.45, 2.75) is 12.8 Å². The van der Waals surface area contributed by atoms with Crippen LogP contribution < -0.4 is 10.1 Å². The van der Waals surface area contributed by atoms with Gasteiger partial charge in [0.25, 0.3) is 0 Å². The molecule has 3 rings (SSSR count). The first-order chi connectivity index (χ1) is 12.2. The monoisotopic (exact) mass is 372 g/mol. The van der Waals surface area contributed by atoms with Crippen molar-refractivity contribution in [1.29, 1.82) is 0 Å². The summed E-state index contributed by atoms with van der Waals surface area (Å²) in [6, 6.07) is 17.0. The first-order valence-electron chi connectivity index (χ1n) is 7.90. The number of thiazole rings is 1. The zero-order chi connectivity index (χ0) is 17.5. The van der Waals surface area contributed by atoms with Gasteiger partial charge in [0.05, 0.1) is 12.3 Å². The maximum Gasteiger partial charge on any atom is 0.226 e. The van der Waals surface area contributed by atoms with Crippen LogP contribution in [0.2, 0.25) is 5.02 Å². The number of amides is 1. The fraction of sp³-hybridized carbons (Fsp3) is 0.158. The average molecular weight is 373 g/mol. The Morgan fingerprint density at radius 1 is 1.12 bits per heavy atom. The van der Waals surface area contributed by atoms with E-state index in [0.29, 0.717) is 29.6 Å². The lowest BCUT2D eigenvalue weighted by Crippen LogP contribution is -2.12. The van der Waals surface area contributed by atoms with E-state index in [0.717, 1.165) is 17.0 Å². The molecule has 1 heterocycles. The normalized spacial score (nSPS) is 10.4. The Morgan fingerprint density at radius 3 is 2.64 bits per heavy atom. The second-order valence-electron chi connectivity index (χ2n) is 5.36. The summed E-state index contributed by atoms with van der Waals surface area (Å²) >= 11 is 7.24. The number of nitrogens with one attached hydrogen (secondary N) is 1. The van der Waals surface area contributed by atoms with Crippen molar-refractivity contribution in [2.24, 2.45) is 0 Å². The highest BCUT2D eigenvalue weighted by molar-refractivity contribution is 7.14. The van der Waals surface area contributed by atoms with Crippen LogP contribution in [0.4, 0.5) is 5.13 Å². The quantitative estimate of drug-likeness (QED) is 0.575. The third-order valence-corrected chi connectivity index (χ3v) is 4.46. The van der Waals surface area contributed by atoms with Crippen molar-refractivity contribution < 1.29 is 9.53 Å². The van der Waals surface area contributed by atoms with Crippen LogP contribution in [0.5, 0.6) is 5.75 Å². The highest BCUT2D eigenvalue weighted by Crippen LogP contribution is 2.24. The summed E-state index contributed by atoms with van der Waals surface area (Å²) in [5, 5.41) is 6.06. The molecule has 128 valence electrons. The van der Waals surface area contributed by atoms with Crippen LogP contribution in [0.1, 0.15) is 12.8 Å². The number of anilines is 1. The van der Waals surface area contributed by atoms with Gasteiger partial charge >= 0.3 is 0 Å². The van der Waals surface area contributed by atoms with Crippen molar-refractivity contribution in [3.63, 3.8) is 0 Å². The van der Waals surface area contributed by atoms with Crippen LogP contribution >= 0.6 is 22.9 Å². The van der Waals surface area contributed by atoms with E-state index in [2.05, 4.69) is 10.3 Å². The summed E-state index contributed by atoms with van der Waals surface area (Å²) in [5.41, 5.74) is 1.91. The SMILES string of the molecule is O=C(CCCOc1ccc(Cl)cc1)Nc1nc(-c2ccccc2)cs1. The molecule has 0 spiro atoms. The largest absolute Gasteiger partial charge is 0.494 e. The summed E-state index contributed by atoms with van der Waals surface area (Å²) < 4.78 is 5.57. The number of aromatic nitrogens is 1. The van der Waals surface area contributed by atoms with Gasteiger partial charge in [0.1, 0.15) is 5.75 Å². The molecule has 1 aromatic heterocycles. The Balaban J connectivity index is 1.42.